The van der Waals surface area contributed by atoms with Crippen LogP contribution in [0, 0.1) is 0 Å². The van der Waals surface area contributed by atoms with Crippen LogP contribution in [0.3, 0.4) is 0 Å². The summed E-state index contributed by atoms with van der Waals surface area (Å²) >= 11 is 0. The molecule has 1 aliphatic heterocycles. The zero-order chi connectivity index (χ0) is 10.3. The Morgan fingerprint density at radius 2 is 2.21 bits per heavy atom. The van der Waals surface area contributed by atoms with Crippen molar-refractivity contribution in [3.8, 4) is 0 Å². The summed E-state index contributed by atoms with van der Waals surface area (Å²) in [4.78, 5) is 11.1. The van der Waals surface area contributed by atoms with Crippen LogP contribution in [-0.4, -0.2) is 15.7 Å². The van der Waals surface area contributed by atoms with Gasteiger partial charge in [-0.25, -0.2) is 0 Å². The first-order valence-corrected chi connectivity index (χ1v) is 4.81. The third-order valence-corrected chi connectivity index (χ3v) is 2.37. The highest BCUT2D eigenvalue weighted by Gasteiger charge is 2.22. The Labute approximate surface area is 83.3 Å². The van der Waals surface area contributed by atoms with Crippen LogP contribution in [-0.2, 0) is 23.3 Å². The Kier molecular flexibility index (Phi) is 1.87. The Morgan fingerprint density at radius 1 is 1.50 bits per heavy atom. The summed E-state index contributed by atoms with van der Waals surface area (Å²) in [6, 6.07) is 0. The standard InChI is InChI=1S/C10H15N3O/c1-10(2,3)13-6-7-5-11-9(14)4-8(7)12-13/h6H,4-5H2,1-3H3,(H,11,14). The van der Waals surface area contributed by atoms with E-state index in [9.17, 15) is 4.79 Å². The van der Waals surface area contributed by atoms with E-state index in [1.54, 1.807) is 0 Å². The number of fused-ring (bicyclic) bond motifs is 1. The van der Waals surface area contributed by atoms with Crippen LogP contribution in [0.2, 0.25) is 0 Å². The van der Waals surface area contributed by atoms with Gasteiger partial charge in [-0.15, -0.1) is 0 Å². The van der Waals surface area contributed by atoms with E-state index in [1.165, 1.54) is 0 Å². The molecule has 76 valence electrons. The maximum Gasteiger partial charge on any atom is 0.226 e. The normalized spacial score (nSPS) is 16.4. The van der Waals surface area contributed by atoms with Crippen molar-refractivity contribution in [1.82, 2.24) is 15.1 Å². The van der Waals surface area contributed by atoms with Crippen LogP contribution in [0.5, 0.6) is 0 Å². The molecule has 0 saturated heterocycles. The molecule has 0 fully saturated rings. The summed E-state index contributed by atoms with van der Waals surface area (Å²) < 4.78 is 1.93. The first-order chi connectivity index (χ1) is 6.47. The molecular weight excluding hydrogens is 178 g/mol. The molecule has 0 bridgehead atoms. The van der Waals surface area contributed by atoms with E-state index in [0.29, 0.717) is 13.0 Å². The summed E-state index contributed by atoms with van der Waals surface area (Å²) in [5, 5.41) is 7.24. The van der Waals surface area contributed by atoms with Gasteiger partial charge < -0.3 is 5.32 Å². The van der Waals surface area contributed by atoms with E-state index in [4.69, 9.17) is 0 Å². The van der Waals surface area contributed by atoms with Gasteiger partial charge in [0.15, 0.2) is 0 Å². The molecule has 2 heterocycles. The molecule has 1 N–H and O–H groups in total. The molecule has 0 radical (unpaired) electrons. The number of aromatic nitrogens is 2. The number of carbonyl (C=O) groups excluding carboxylic acids is 1. The van der Waals surface area contributed by atoms with Gasteiger partial charge >= 0.3 is 0 Å². The van der Waals surface area contributed by atoms with Gasteiger partial charge in [-0.05, 0) is 20.8 Å². The fraction of sp³-hybridized carbons (Fsp3) is 0.600. The summed E-state index contributed by atoms with van der Waals surface area (Å²) in [5.41, 5.74) is 2.05. The largest absolute Gasteiger partial charge is 0.352 e. The minimum atomic E-state index is -0.0135. The number of nitrogens with zero attached hydrogens (tertiary/aromatic N) is 2. The SMILES string of the molecule is CC(C)(C)n1cc2c(n1)CC(=O)NC2. The van der Waals surface area contributed by atoms with Gasteiger partial charge in [0.1, 0.15) is 0 Å². The maximum absolute atomic E-state index is 11.1. The fourth-order valence-electron chi connectivity index (χ4n) is 1.49. The number of carbonyl (C=O) groups is 1. The third kappa shape index (κ3) is 1.52. The molecule has 1 amide bonds. The lowest BCUT2D eigenvalue weighted by molar-refractivity contribution is -0.121. The number of hydrogen-bond acceptors (Lipinski definition) is 2. The number of amides is 1. The van der Waals surface area contributed by atoms with Crippen molar-refractivity contribution in [2.75, 3.05) is 0 Å². The lowest BCUT2D eigenvalue weighted by atomic mass is 10.1. The van der Waals surface area contributed by atoms with Gasteiger partial charge in [-0.1, -0.05) is 0 Å². The van der Waals surface area contributed by atoms with Gasteiger partial charge in [0.25, 0.3) is 0 Å². The highest BCUT2D eigenvalue weighted by molar-refractivity contribution is 5.79. The Bertz CT molecular complexity index is 373. The molecule has 0 saturated carbocycles. The average molecular weight is 193 g/mol. The number of nitrogens with one attached hydrogen (secondary N) is 1. The summed E-state index contributed by atoms with van der Waals surface area (Å²) in [5.74, 6) is 0.0664. The molecule has 4 heteroatoms. The molecule has 14 heavy (non-hydrogen) atoms. The van der Waals surface area contributed by atoms with E-state index >= 15 is 0 Å². The van der Waals surface area contributed by atoms with E-state index in [0.717, 1.165) is 11.3 Å². The smallest absolute Gasteiger partial charge is 0.226 e. The van der Waals surface area contributed by atoms with Crippen molar-refractivity contribution in [3.63, 3.8) is 0 Å². The Morgan fingerprint density at radius 3 is 2.86 bits per heavy atom. The second-order valence-corrected chi connectivity index (χ2v) is 4.67. The molecule has 2 rings (SSSR count). The monoisotopic (exact) mass is 193 g/mol. The van der Waals surface area contributed by atoms with Crippen LogP contribution in [0.4, 0.5) is 0 Å². The summed E-state index contributed by atoms with van der Waals surface area (Å²) in [7, 11) is 0. The van der Waals surface area contributed by atoms with Gasteiger partial charge in [0.2, 0.25) is 5.91 Å². The molecule has 0 aromatic carbocycles. The van der Waals surface area contributed by atoms with E-state index < -0.39 is 0 Å². The van der Waals surface area contributed by atoms with E-state index in [-0.39, 0.29) is 11.4 Å². The van der Waals surface area contributed by atoms with Crippen LogP contribution < -0.4 is 5.32 Å². The van der Waals surface area contributed by atoms with Gasteiger partial charge in [-0.3, -0.25) is 9.48 Å². The molecule has 0 unspecified atom stereocenters. The zero-order valence-electron chi connectivity index (χ0n) is 8.79. The van der Waals surface area contributed by atoms with E-state index in [1.807, 2.05) is 10.9 Å². The predicted octanol–water partition coefficient (Wildman–Crippen LogP) is 0.810. The van der Waals surface area contributed by atoms with Crippen LogP contribution >= 0.6 is 0 Å². The molecule has 0 atom stereocenters. The summed E-state index contributed by atoms with van der Waals surface area (Å²) in [6.07, 6.45) is 2.44. The molecule has 0 spiro atoms. The van der Waals surface area contributed by atoms with Gasteiger partial charge in [0.05, 0.1) is 17.7 Å². The van der Waals surface area contributed by atoms with Crippen LogP contribution in [0.25, 0.3) is 0 Å². The lowest BCUT2D eigenvalue weighted by Gasteiger charge is -2.18. The topological polar surface area (TPSA) is 46.9 Å². The fourth-order valence-corrected chi connectivity index (χ4v) is 1.49. The highest BCUT2D eigenvalue weighted by atomic mass is 16.1. The minimum absolute atomic E-state index is 0.0135. The molecule has 0 aliphatic carbocycles. The van der Waals surface area contributed by atoms with Crippen LogP contribution in [0.15, 0.2) is 6.20 Å². The molecule has 1 aromatic rings. The first kappa shape index (κ1) is 9.24. The first-order valence-electron chi connectivity index (χ1n) is 4.81. The average Bonchev–Trinajstić information content (AvgIpc) is 2.45. The molecule has 4 nitrogen and oxygen atoms in total. The second kappa shape index (κ2) is 2.83. The Hall–Kier alpha value is -1.32. The summed E-state index contributed by atoms with van der Waals surface area (Å²) in [6.45, 7) is 6.91. The number of rotatable bonds is 0. The van der Waals surface area contributed by atoms with Gasteiger partial charge in [0, 0.05) is 18.3 Å². The maximum atomic E-state index is 11.1. The molecule has 1 aromatic heterocycles. The van der Waals surface area contributed by atoms with E-state index in [2.05, 4.69) is 31.2 Å². The minimum Gasteiger partial charge on any atom is -0.352 e. The molecule has 1 aliphatic rings. The zero-order valence-corrected chi connectivity index (χ0v) is 8.79. The van der Waals surface area contributed by atoms with Gasteiger partial charge in [-0.2, -0.15) is 5.10 Å². The predicted molar refractivity (Wildman–Crippen MR) is 52.8 cm³/mol. The van der Waals surface area contributed by atoms with Crippen molar-refractivity contribution in [3.05, 3.63) is 17.5 Å². The van der Waals surface area contributed by atoms with Crippen LogP contribution in [0.1, 0.15) is 32.0 Å². The highest BCUT2D eigenvalue weighted by Crippen LogP contribution is 2.18. The van der Waals surface area contributed by atoms with Crippen molar-refractivity contribution in [2.24, 2.45) is 0 Å². The second-order valence-electron chi connectivity index (χ2n) is 4.67. The van der Waals surface area contributed by atoms with Crippen molar-refractivity contribution < 1.29 is 4.79 Å². The molecular formula is C10H15N3O. The quantitative estimate of drug-likeness (QED) is 0.662. The van der Waals surface area contributed by atoms with Crippen molar-refractivity contribution >= 4 is 5.91 Å². The number of hydrogen-bond donors (Lipinski definition) is 1. The Balaban J connectivity index is 2.37. The van der Waals surface area contributed by atoms with Crippen molar-refractivity contribution in [1.29, 1.82) is 0 Å². The third-order valence-electron chi connectivity index (χ3n) is 2.37. The van der Waals surface area contributed by atoms with Crippen molar-refractivity contribution in [2.45, 2.75) is 39.3 Å². The lowest BCUT2D eigenvalue weighted by Crippen LogP contribution is -2.29.